The van der Waals surface area contributed by atoms with Gasteiger partial charge in [0.1, 0.15) is 0 Å². The Morgan fingerprint density at radius 3 is 2.46 bits per heavy atom. The van der Waals surface area contributed by atoms with Gasteiger partial charge in [0.15, 0.2) is 5.78 Å². The predicted molar refractivity (Wildman–Crippen MR) is 109 cm³/mol. The maximum absolute atomic E-state index is 12.3. The molecule has 1 heterocycles. The van der Waals surface area contributed by atoms with Crippen LogP contribution in [-0.2, 0) is 11.2 Å². The number of ketones is 1. The van der Waals surface area contributed by atoms with Gasteiger partial charge in [-0.1, -0.05) is 49.0 Å². The minimum absolute atomic E-state index is 0.0446. The molecule has 0 aliphatic rings. The lowest BCUT2D eigenvalue weighted by atomic mass is 9.98. The van der Waals surface area contributed by atoms with E-state index in [1.54, 1.807) is 24.3 Å². The average Bonchev–Trinajstić information content (AvgIpc) is 3.14. The van der Waals surface area contributed by atoms with Gasteiger partial charge in [-0.2, -0.15) is 0 Å². The van der Waals surface area contributed by atoms with Crippen LogP contribution in [0.25, 0.3) is 0 Å². The fourth-order valence-corrected chi connectivity index (χ4v) is 3.37. The zero-order valence-electron chi connectivity index (χ0n) is 15.7. The summed E-state index contributed by atoms with van der Waals surface area (Å²) in [5.41, 5.74) is 2.44. The fourth-order valence-electron chi connectivity index (χ4n) is 2.69. The van der Waals surface area contributed by atoms with E-state index in [0.29, 0.717) is 28.8 Å². The molecule has 1 unspecified atom stereocenters. The third-order valence-electron chi connectivity index (χ3n) is 4.15. The van der Waals surface area contributed by atoms with Crippen LogP contribution in [0.4, 0.5) is 5.69 Å². The highest BCUT2D eigenvalue weighted by Crippen LogP contribution is 2.23. The third kappa shape index (κ3) is 5.53. The van der Waals surface area contributed by atoms with Crippen molar-refractivity contribution in [3.05, 3.63) is 71.6 Å². The number of rotatable bonds is 8. The minimum Gasteiger partial charge on any atom is -0.416 e. The number of hydrogen-bond acceptors (Lipinski definition) is 6. The van der Waals surface area contributed by atoms with Crippen molar-refractivity contribution >= 4 is 29.1 Å². The highest BCUT2D eigenvalue weighted by molar-refractivity contribution is 7.99. The van der Waals surface area contributed by atoms with Crippen LogP contribution in [0, 0.1) is 0 Å². The van der Waals surface area contributed by atoms with Gasteiger partial charge in [-0.05, 0) is 35.7 Å². The van der Waals surface area contributed by atoms with E-state index in [-0.39, 0.29) is 23.4 Å². The number of Topliss-reactive ketones (excluding diaryl/α,β-unsaturated/α-hetero) is 1. The minimum atomic E-state index is -0.150. The van der Waals surface area contributed by atoms with Crippen molar-refractivity contribution in [1.82, 2.24) is 10.2 Å². The Labute approximate surface area is 167 Å². The van der Waals surface area contributed by atoms with Crippen LogP contribution in [-0.4, -0.2) is 27.6 Å². The molecule has 6 nitrogen and oxygen atoms in total. The number of benzene rings is 2. The van der Waals surface area contributed by atoms with Gasteiger partial charge in [-0.3, -0.25) is 9.59 Å². The second kappa shape index (κ2) is 9.32. The lowest BCUT2D eigenvalue weighted by molar-refractivity contribution is -0.114. The molecule has 144 valence electrons. The highest BCUT2D eigenvalue weighted by atomic mass is 32.2. The first-order valence-corrected chi connectivity index (χ1v) is 9.91. The van der Waals surface area contributed by atoms with E-state index in [9.17, 15) is 9.59 Å². The van der Waals surface area contributed by atoms with Crippen molar-refractivity contribution in [2.24, 2.45) is 0 Å². The second-order valence-corrected chi connectivity index (χ2v) is 7.37. The van der Waals surface area contributed by atoms with Gasteiger partial charge in [0.25, 0.3) is 5.22 Å². The summed E-state index contributed by atoms with van der Waals surface area (Å²) >= 11 is 1.22. The quantitative estimate of drug-likeness (QED) is 0.451. The van der Waals surface area contributed by atoms with E-state index < -0.39 is 0 Å². The maximum atomic E-state index is 12.3. The largest absolute Gasteiger partial charge is 0.416 e. The molecule has 0 bridgehead atoms. The molecule has 1 N–H and O–H groups in total. The number of thioether (sulfide) groups is 1. The summed E-state index contributed by atoms with van der Waals surface area (Å²) < 4.78 is 5.67. The van der Waals surface area contributed by atoms with E-state index in [2.05, 4.69) is 34.6 Å². The monoisotopic (exact) mass is 395 g/mol. The number of hydrogen-bond donors (Lipinski definition) is 1. The second-order valence-electron chi connectivity index (χ2n) is 6.45. The Bertz CT molecular complexity index is 939. The molecule has 0 fully saturated rings. The molecule has 0 saturated heterocycles. The van der Waals surface area contributed by atoms with Gasteiger partial charge in [0, 0.05) is 24.6 Å². The lowest BCUT2D eigenvalue weighted by Crippen LogP contribution is -2.07. The van der Waals surface area contributed by atoms with E-state index in [0.717, 1.165) is 0 Å². The van der Waals surface area contributed by atoms with Crippen molar-refractivity contribution in [1.29, 1.82) is 0 Å². The number of nitrogens with one attached hydrogen (secondary N) is 1. The zero-order valence-corrected chi connectivity index (χ0v) is 16.5. The van der Waals surface area contributed by atoms with Crippen molar-refractivity contribution in [3.63, 3.8) is 0 Å². The van der Waals surface area contributed by atoms with Crippen LogP contribution < -0.4 is 5.32 Å². The molecule has 28 heavy (non-hydrogen) atoms. The summed E-state index contributed by atoms with van der Waals surface area (Å²) in [4.78, 5) is 23.4. The molecule has 1 atom stereocenters. The molecule has 0 aliphatic heterocycles. The van der Waals surface area contributed by atoms with Crippen LogP contribution in [0.1, 0.15) is 41.6 Å². The summed E-state index contributed by atoms with van der Waals surface area (Å²) in [5.74, 6) is 0.837. The summed E-state index contributed by atoms with van der Waals surface area (Å²) in [7, 11) is 0. The van der Waals surface area contributed by atoms with Crippen molar-refractivity contribution in [2.45, 2.75) is 31.4 Å². The molecule has 0 radical (unpaired) electrons. The average molecular weight is 395 g/mol. The molecule has 0 saturated carbocycles. The molecular formula is C21H21N3O3S. The zero-order chi connectivity index (χ0) is 19.9. The van der Waals surface area contributed by atoms with Crippen molar-refractivity contribution in [2.75, 3.05) is 11.1 Å². The van der Waals surface area contributed by atoms with Crippen molar-refractivity contribution in [3.8, 4) is 0 Å². The summed E-state index contributed by atoms with van der Waals surface area (Å²) in [6.07, 6.45) is 0.649. The fraction of sp³-hybridized carbons (Fsp3) is 0.238. The van der Waals surface area contributed by atoms with Crippen LogP contribution >= 0.6 is 11.8 Å². The molecule has 3 rings (SSSR count). The third-order valence-corrected chi connectivity index (χ3v) is 4.97. The smallest absolute Gasteiger partial charge is 0.277 e. The number of nitrogens with zero attached hydrogens (tertiary/aromatic N) is 2. The summed E-state index contributed by atoms with van der Waals surface area (Å²) in [6, 6.07) is 16.9. The molecule has 1 amide bonds. The topological polar surface area (TPSA) is 85.1 Å². The van der Waals surface area contributed by atoms with E-state index in [1.807, 2.05) is 18.2 Å². The van der Waals surface area contributed by atoms with E-state index >= 15 is 0 Å². The van der Waals surface area contributed by atoms with Gasteiger partial charge in [0.05, 0.1) is 5.75 Å². The van der Waals surface area contributed by atoms with Gasteiger partial charge >= 0.3 is 0 Å². The normalized spacial score (nSPS) is 11.8. The first-order valence-electron chi connectivity index (χ1n) is 8.92. The van der Waals surface area contributed by atoms with Crippen LogP contribution in [0.3, 0.4) is 0 Å². The Kier molecular flexibility index (Phi) is 6.60. The first kappa shape index (κ1) is 19.8. The Hall–Kier alpha value is -2.93. The summed E-state index contributed by atoms with van der Waals surface area (Å²) in [6.45, 7) is 3.55. The lowest BCUT2D eigenvalue weighted by Gasteiger charge is -2.08. The maximum Gasteiger partial charge on any atom is 0.277 e. The Morgan fingerprint density at radius 1 is 1.07 bits per heavy atom. The first-order chi connectivity index (χ1) is 13.5. The molecule has 7 heteroatoms. The highest BCUT2D eigenvalue weighted by Gasteiger charge is 2.14. The van der Waals surface area contributed by atoms with Gasteiger partial charge in [0.2, 0.25) is 11.8 Å². The molecule has 0 spiro atoms. The van der Waals surface area contributed by atoms with Gasteiger partial charge in [-0.25, -0.2) is 0 Å². The SMILES string of the molecule is CC(=O)Nc1ccc(C(=O)CSc2nnc(CC(C)c3ccccc3)o2)cc1. The predicted octanol–water partition coefficient (Wildman–Crippen LogP) is 4.35. The Balaban J connectivity index is 1.52. The molecular weight excluding hydrogens is 374 g/mol. The molecule has 0 aliphatic carbocycles. The number of carbonyl (C=O) groups is 2. The number of carbonyl (C=O) groups excluding carboxylic acids is 2. The number of anilines is 1. The van der Waals surface area contributed by atoms with E-state index in [4.69, 9.17) is 4.42 Å². The summed E-state index contributed by atoms with van der Waals surface area (Å²) in [5, 5.41) is 11.2. The molecule has 2 aromatic carbocycles. The van der Waals surface area contributed by atoms with Crippen LogP contribution in [0.2, 0.25) is 0 Å². The van der Waals surface area contributed by atoms with E-state index in [1.165, 1.54) is 24.2 Å². The molecule has 1 aromatic heterocycles. The van der Waals surface area contributed by atoms with Crippen molar-refractivity contribution < 1.29 is 14.0 Å². The van der Waals surface area contributed by atoms with Crippen LogP contribution in [0.15, 0.2) is 64.2 Å². The standard InChI is InChI=1S/C21H21N3O3S/c1-14(16-6-4-3-5-7-16)12-20-23-24-21(27-20)28-13-19(26)17-8-10-18(11-9-17)22-15(2)25/h3-11,14H,12-13H2,1-2H3,(H,22,25). The Morgan fingerprint density at radius 2 is 1.79 bits per heavy atom. The van der Waals surface area contributed by atoms with Crippen LogP contribution in [0.5, 0.6) is 0 Å². The number of aromatic nitrogens is 2. The number of amides is 1. The van der Waals surface area contributed by atoms with Gasteiger partial charge < -0.3 is 9.73 Å². The molecule has 3 aromatic rings. The van der Waals surface area contributed by atoms with Gasteiger partial charge in [-0.15, -0.1) is 10.2 Å².